The second-order valence-corrected chi connectivity index (χ2v) is 5.91. The number of nitrogens with zero attached hydrogens (tertiary/aromatic N) is 3. The number of aromatic nitrogens is 2. The van der Waals surface area contributed by atoms with Crippen LogP contribution in [-0.4, -0.2) is 23.2 Å². The van der Waals surface area contributed by atoms with Crippen LogP contribution in [0.1, 0.15) is 5.82 Å². The number of rotatable bonds is 2. The minimum absolute atomic E-state index is 0.376. The summed E-state index contributed by atoms with van der Waals surface area (Å²) in [6, 6.07) is 6.12. The molecular weight excluding hydrogens is 314 g/mol. The molecule has 0 aliphatic carbocycles. The molecule has 18 heavy (non-hydrogen) atoms. The van der Waals surface area contributed by atoms with Crippen molar-refractivity contribution in [3.8, 4) is 16.6 Å². The molecule has 6 heteroatoms. The maximum atomic E-state index is 9.24. The molecule has 0 radical (unpaired) electrons. The SMILES string of the molecule is N#CC1(c2nccc(-c3cc(Br)cs3)n2)COC1. The van der Waals surface area contributed by atoms with E-state index < -0.39 is 5.41 Å². The van der Waals surface area contributed by atoms with Crippen LogP contribution in [-0.2, 0) is 10.2 Å². The highest BCUT2D eigenvalue weighted by molar-refractivity contribution is 9.10. The van der Waals surface area contributed by atoms with Gasteiger partial charge in [0.2, 0.25) is 0 Å². The van der Waals surface area contributed by atoms with Gasteiger partial charge < -0.3 is 4.74 Å². The first-order valence-corrected chi connectivity index (χ1v) is 6.98. The zero-order valence-electron chi connectivity index (χ0n) is 9.26. The Bertz CT molecular complexity index is 630. The molecule has 3 heterocycles. The molecule has 0 amide bonds. The number of thiophene rings is 1. The maximum absolute atomic E-state index is 9.24. The molecule has 90 valence electrons. The van der Waals surface area contributed by atoms with E-state index in [0.717, 1.165) is 15.0 Å². The maximum Gasteiger partial charge on any atom is 0.163 e. The zero-order valence-corrected chi connectivity index (χ0v) is 11.7. The molecular formula is C12H8BrN3OS. The Morgan fingerprint density at radius 2 is 2.33 bits per heavy atom. The first-order chi connectivity index (χ1) is 8.73. The van der Waals surface area contributed by atoms with Crippen LogP contribution < -0.4 is 0 Å². The molecule has 2 aromatic heterocycles. The van der Waals surface area contributed by atoms with E-state index in [9.17, 15) is 5.26 Å². The summed E-state index contributed by atoms with van der Waals surface area (Å²) in [6.45, 7) is 0.752. The molecule has 0 bridgehead atoms. The molecule has 1 fully saturated rings. The zero-order chi connectivity index (χ0) is 12.6. The summed E-state index contributed by atoms with van der Waals surface area (Å²) in [5, 5.41) is 11.2. The van der Waals surface area contributed by atoms with Crippen LogP contribution in [0.4, 0.5) is 0 Å². The van der Waals surface area contributed by atoms with Crippen LogP contribution in [0, 0.1) is 11.3 Å². The fraction of sp³-hybridized carbons (Fsp3) is 0.250. The van der Waals surface area contributed by atoms with E-state index in [-0.39, 0.29) is 0 Å². The average Bonchev–Trinajstić information content (AvgIpc) is 2.76. The largest absolute Gasteiger partial charge is 0.377 e. The third-order valence-corrected chi connectivity index (χ3v) is 4.53. The topological polar surface area (TPSA) is 58.8 Å². The Balaban J connectivity index is 2.02. The molecule has 0 spiro atoms. The van der Waals surface area contributed by atoms with Gasteiger partial charge in [-0.1, -0.05) is 0 Å². The number of ether oxygens (including phenoxy) is 1. The summed E-state index contributed by atoms with van der Waals surface area (Å²) in [5.41, 5.74) is 0.182. The number of hydrogen-bond donors (Lipinski definition) is 0. The number of halogens is 1. The van der Waals surface area contributed by atoms with Crippen LogP contribution in [0.3, 0.4) is 0 Å². The minimum Gasteiger partial charge on any atom is -0.377 e. The molecule has 3 rings (SSSR count). The summed E-state index contributed by atoms with van der Waals surface area (Å²) >= 11 is 5.02. The summed E-state index contributed by atoms with van der Waals surface area (Å²) in [4.78, 5) is 9.77. The second kappa shape index (κ2) is 4.43. The lowest BCUT2D eigenvalue weighted by Crippen LogP contribution is -2.46. The van der Waals surface area contributed by atoms with Crippen molar-refractivity contribution in [3.63, 3.8) is 0 Å². The van der Waals surface area contributed by atoms with E-state index in [1.165, 1.54) is 0 Å². The minimum atomic E-state index is -0.662. The van der Waals surface area contributed by atoms with E-state index in [0.29, 0.717) is 19.0 Å². The van der Waals surface area contributed by atoms with Crippen molar-refractivity contribution in [1.82, 2.24) is 9.97 Å². The molecule has 0 aromatic carbocycles. The van der Waals surface area contributed by atoms with Gasteiger partial charge in [0.15, 0.2) is 11.2 Å². The van der Waals surface area contributed by atoms with E-state index in [1.54, 1.807) is 17.5 Å². The van der Waals surface area contributed by atoms with Crippen LogP contribution in [0.15, 0.2) is 28.2 Å². The monoisotopic (exact) mass is 321 g/mol. The van der Waals surface area contributed by atoms with Gasteiger partial charge in [0.1, 0.15) is 0 Å². The Morgan fingerprint density at radius 3 is 2.89 bits per heavy atom. The van der Waals surface area contributed by atoms with Crippen molar-refractivity contribution in [1.29, 1.82) is 5.26 Å². The molecule has 0 unspecified atom stereocenters. The molecule has 0 atom stereocenters. The molecule has 0 saturated carbocycles. The van der Waals surface area contributed by atoms with Crippen LogP contribution in [0.5, 0.6) is 0 Å². The lowest BCUT2D eigenvalue weighted by Gasteiger charge is -2.33. The standard InChI is InChI=1S/C12H8BrN3OS/c13-8-3-10(18-4-8)9-1-2-15-11(16-9)12(5-14)6-17-7-12/h1-4H,6-7H2. The summed E-state index contributed by atoms with van der Waals surface area (Å²) < 4.78 is 6.16. The third-order valence-electron chi connectivity index (χ3n) is 2.81. The lowest BCUT2D eigenvalue weighted by molar-refractivity contribution is -0.0338. The van der Waals surface area contributed by atoms with Gasteiger partial charge in [0, 0.05) is 16.0 Å². The van der Waals surface area contributed by atoms with Gasteiger partial charge in [-0.05, 0) is 28.1 Å². The highest BCUT2D eigenvalue weighted by Crippen LogP contribution is 2.32. The van der Waals surface area contributed by atoms with Crippen molar-refractivity contribution in [2.75, 3.05) is 13.2 Å². The second-order valence-electron chi connectivity index (χ2n) is 4.08. The molecule has 4 nitrogen and oxygen atoms in total. The predicted octanol–water partition coefficient (Wildman–Crippen LogP) is 2.76. The highest BCUT2D eigenvalue weighted by atomic mass is 79.9. The Labute approximate surface area is 116 Å². The molecule has 1 aliphatic rings. The fourth-order valence-corrected chi connectivity index (χ4v) is 3.12. The quantitative estimate of drug-likeness (QED) is 0.853. The van der Waals surface area contributed by atoms with Crippen LogP contribution in [0.25, 0.3) is 10.6 Å². The first kappa shape index (κ1) is 11.8. The molecule has 2 aromatic rings. The van der Waals surface area contributed by atoms with Gasteiger partial charge in [0.05, 0.1) is 29.9 Å². The van der Waals surface area contributed by atoms with Gasteiger partial charge in [-0.2, -0.15) is 5.26 Å². The van der Waals surface area contributed by atoms with Crippen LogP contribution in [0.2, 0.25) is 0 Å². The van der Waals surface area contributed by atoms with E-state index in [4.69, 9.17) is 4.74 Å². The van der Waals surface area contributed by atoms with Crippen molar-refractivity contribution >= 4 is 27.3 Å². The highest BCUT2D eigenvalue weighted by Gasteiger charge is 2.43. The summed E-state index contributed by atoms with van der Waals surface area (Å²) in [7, 11) is 0. The Kier molecular flexibility index (Phi) is 2.90. The van der Waals surface area contributed by atoms with Crippen molar-refractivity contribution < 1.29 is 4.74 Å². The average molecular weight is 322 g/mol. The predicted molar refractivity (Wildman–Crippen MR) is 71.2 cm³/mol. The van der Waals surface area contributed by atoms with E-state index in [1.807, 2.05) is 17.5 Å². The van der Waals surface area contributed by atoms with Gasteiger partial charge >= 0.3 is 0 Å². The van der Waals surface area contributed by atoms with Crippen molar-refractivity contribution in [2.24, 2.45) is 0 Å². The lowest BCUT2D eigenvalue weighted by atomic mass is 9.87. The molecule has 0 N–H and O–H groups in total. The van der Waals surface area contributed by atoms with Gasteiger partial charge in [0.25, 0.3) is 0 Å². The third kappa shape index (κ3) is 1.85. The summed E-state index contributed by atoms with van der Waals surface area (Å²) in [5.74, 6) is 0.554. The normalized spacial score (nSPS) is 16.9. The fourth-order valence-electron chi connectivity index (χ4n) is 1.72. The Morgan fingerprint density at radius 1 is 1.50 bits per heavy atom. The molecule has 1 aliphatic heterocycles. The summed E-state index contributed by atoms with van der Waals surface area (Å²) in [6.07, 6.45) is 1.70. The first-order valence-electron chi connectivity index (χ1n) is 5.30. The Hall–Kier alpha value is -1.29. The van der Waals surface area contributed by atoms with Crippen LogP contribution >= 0.6 is 27.3 Å². The van der Waals surface area contributed by atoms with Gasteiger partial charge in [-0.15, -0.1) is 11.3 Å². The van der Waals surface area contributed by atoms with E-state index in [2.05, 4.69) is 32.0 Å². The smallest absolute Gasteiger partial charge is 0.163 e. The van der Waals surface area contributed by atoms with Gasteiger partial charge in [-0.3, -0.25) is 0 Å². The number of hydrogen-bond acceptors (Lipinski definition) is 5. The van der Waals surface area contributed by atoms with E-state index >= 15 is 0 Å². The number of nitriles is 1. The van der Waals surface area contributed by atoms with Gasteiger partial charge in [-0.25, -0.2) is 9.97 Å². The van der Waals surface area contributed by atoms with Crippen molar-refractivity contribution in [2.45, 2.75) is 5.41 Å². The van der Waals surface area contributed by atoms with Crippen molar-refractivity contribution in [3.05, 3.63) is 34.0 Å². The molecule has 1 saturated heterocycles.